The summed E-state index contributed by atoms with van der Waals surface area (Å²) < 4.78 is 9.44. The molecule has 6 heteroatoms. The van der Waals surface area contributed by atoms with Crippen LogP contribution in [0.15, 0.2) is 0 Å². The Morgan fingerprint density at radius 1 is 0.923 bits per heavy atom. The van der Waals surface area contributed by atoms with Gasteiger partial charge in [0.05, 0.1) is 13.2 Å². The van der Waals surface area contributed by atoms with E-state index >= 15 is 0 Å². The predicted octanol–water partition coefficient (Wildman–Crippen LogP) is 1.25. The molecular weight excluding hydrogens is 308 g/mol. The predicted molar refractivity (Wildman–Crippen MR) is 54.1 cm³/mol. The minimum absolute atomic E-state index is 0.189. The summed E-state index contributed by atoms with van der Waals surface area (Å²) in [6, 6.07) is 0. The molecule has 0 aliphatic carbocycles. The Hall–Kier alpha value is -0.100. The van der Waals surface area contributed by atoms with Crippen molar-refractivity contribution >= 4 is 43.8 Å². The number of hydrogen-bond donors (Lipinski definition) is 0. The lowest BCUT2D eigenvalue weighted by Gasteiger charge is -2.03. The molecule has 0 aromatic carbocycles. The molecule has 4 nitrogen and oxygen atoms in total. The van der Waals surface area contributed by atoms with E-state index in [1.165, 1.54) is 0 Å². The standard InChI is InChI=1S/C7H10Br2O4/c8-4-6(10)12-2-1-3-13-7(11)5-9/h1-5H2. The molecule has 0 aliphatic rings. The van der Waals surface area contributed by atoms with Crippen molar-refractivity contribution in [3.05, 3.63) is 0 Å². The Kier molecular flexibility index (Phi) is 8.43. The Balaban J connectivity index is 3.17. The maximum Gasteiger partial charge on any atom is 0.316 e. The Labute approximate surface area is 93.2 Å². The summed E-state index contributed by atoms with van der Waals surface area (Å²) in [6.45, 7) is 0.556. The molecule has 0 unspecified atom stereocenters. The minimum atomic E-state index is -0.313. The van der Waals surface area contributed by atoms with Crippen molar-refractivity contribution in [2.45, 2.75) is 6.42 Å². The zero-order valence-electron chi connectivity index (χ0n) is 6.92. The molecule has 13 heavy (non-hydrogen) atoms. The molecule has 0 N–H and O–H groups in total. The van der Waals surface area contributed by atoms with Crippen molar-refractivity contribution in [1.29, 1.82) is 0 Å². The molecule has 0 aromatic heterocycles. The topological polar surface area (TPSA) is 52.6 Å². The summed E-state index contributed by atoms with van der Waals surface area (Å²) in [6.07, 6.45) is 0.525. The number of ether oxygens (including phenoxy) is 2. The van der Waals surface area contributed by atoms with Gasteiger partial charge in [-0.25, -0.2) is 0 Å². The van der Waals surface area contributed by atoms with Crippen LogP contribution in [0.2, 0.25) is 0 Å². The molecule has 0 rings (SSSR count). The van der Waals surface area contributed by atoms with Crippen LogP contribution in [0.5, 0.6) is 0 Å². The number of rotatable bonds is 6. The Morgan fingerprint density at radius 2 is 1.31 bits per heavy atom. The van der Waals surface area contributed by atoms with Crippen LogP contribution in [0.3, 0.4) is 0 Å². The van der Waals surface area contributed by atoms with E-state index in [0.29, 0.717) is 6.42 Å². The van der Waals surface area contributed by atoms with E-state index in [1.54, 1.807) is 0 Å². The molecule has 0 spiro atoms. The average molecular weight is 318 g/mol. The quantitative estimate of drug-likeness (QED) is 0.420. The van der Waals surface area contributed by atoms with Gasteiger partial charge < -0.3 is 9.47 Å². The average Bonchev–Trinajstić information content (AvgIpc) is 2.16. The molecule has 0 atom stereocenters. The van der Waals surface area contributed by atoms with Crippen LogP contribution in [0.4, 0.5) is 0 Å². The van der Waals surface area contributed by atoms with Crippen molar-refractivity contribution in [2.75, 3.05) is 23.9 Å². The summed E-state index contributed by atoms with van der Waals surface area (Å²) in [5, 5.41) is 0.377. The normalized spacial score (nSPS) is 9.38. The number of carbonyl (C=O) groups is 2. The fraction of sp³-hybridized carbons (Fsp3) is 0.714. The van der Waals surface area contributed by atoms with Crippen LogP contribution < -0.4 is 0 Å². The van der Waals surface area contributed by atoms with E-state index in [9.17, 15) is 9.59 Å². The minimum Gasteiger partial charge on any atom is -0.465 e. The number of carbonyl (C=O) groups excluding carboxylic acids is 2. The lowest BCUT2D eigenvalue weighted by Crippen LogP contribution is -2.11. The molecule has 0 fully saturated rings. The number of halogens is 2. The number of hydrogen-bond acceptors (Lipinski definition) is 4. The van der Waals surface area contributed by atoms with Gasteiger partial charge >= 0.3 is 11.9 Å². The molecule has 76 valence electrons. The van der Waals surface area contributed by atoms with E-state index in [0.717, 1.165) is 0 Å². The van der Waals surface area contributed by atoms with Gasteiger partial charge in [-0.2, -0.15) is 0 Å². The Morgan fingerprint density at radius 3 is 1.62 bits per heavy atom. The monoisotopic (exact) mass is 316 g/mol. The molecule has 0 amide bonds. The van der Waals surface area contributed by atoms with Gasteiger partial charge in [-0.3, -0.25) is 9.59 Å². The second-order valence-electron chi connectivity index (χ2n) is 2.06. The largest absolute Gasteiger partial charge is 0.465 e. The zero-order valence-corrected chi connectivity index (χ0v) is 10.1. The van der Waals surface area contributed by atoms with Crippen LogP contribution in [0.25, 0.3) is 0 Å². The molecule has 0 aromatic rings. The third-order valence-corrected chi connectivity index (χ3v) is 1.95. The first-order valence-electron chi connectivity index (χ1n) is 3.64. The molecule has 0 aliphatic heterocycles. The maximum atomic E-state index is 10.6. The summed E-state index contributed by atoms with van der Waals surface area (Å²) in [7, 11) is 0. The first-order valence-corrected chi connectivity index (χ1v) is 5.88. The third-order valence-electron chi connectivity index (χ3n) is 1.03. The maximum absolute atomic E-state index is 10.6. The van der Waals surface area contributed by atoms with Crippen LogP contribution in [-0.2, 0) is 19.1 Å². The third kappa shape index (κ3) is 8.24. The van der Waals surface area contributed by atoms with Gasteiger partial charge in [-0.15, -0.1) is 0 Å². The van der Waals surface area contributed by atoms with Crippen molar-refractivity contribution < 1.29 is 19.1 Å². The summed E-state index contributed by atoms with van der Waals surface area (Å²) in [5.41, 5.74) is 0. The zero-order chi connectivity index (χ0) is 10.1. The second-order valence-corrected chi connectivity index (χ2v) is 3.18. The van der Waals surface area contributed by atoms with Crippen LogP contribution >= 0.6 is 31.9 Å². The first kappa shape index (κ1) is 12.9. The molecule has 0 saturated carbocycles. The smallest absolute Gasteiger partial charge is 0.316 e. The Bertz CT molecular complexity index is 154. The molecule has 0 heterocycles. The van der Waals surface area contributed by atoms with Gasteiger partial charge in [0.15, 0.2) is 0 Å². The van der Waals surface area contributed by atoms with Gasteiger partial charge in [-0.1, -0.05) is 31.9 Å². The summed E-state index contributed by atoms with van der Waals surface area (Å²) in [4.78, 5) is 21.2. The second kappa shape index (κ2) is 8.50. The molecule has 0 saturated heterocycles. The SMILES string of the molecule is O=C(CBr)OCCCOC(=O)CBr. The molecule has 0 radical (unpaired) electrons. The van der Waals surface area contributed by atoms with E-state index in [-0.39, 0.29) is 35.8 Å². The van der Waals surface area contributed by atoms with Gasteiger partial charge in [0, 0.05) is 6.42 Å². The van der Waals surface area contributed by atoms with E-state index in [1.807, 2.05) is 0 Å². The van der Waals surface area contributed by atoms with Crippen molar-refractivity contribution in [3.8, 4) is 0 Å². The summed E-state index contributed by atoms with van der Waals surface area (Å²) in [5.74, 6) is -0.626. The number of alkyl halides is 2. The van der Waals surface area contributed by atoms with Crippen LogP contribution in [0.1, 0.15) is 6.42 Å². The molecular formula is C7H10Br2O4. The highest BCUT2D eigenvalue weighted by molar-refractivity contribution is 9.09. The van der Waals surface area contributed by atoms with Gasteiger partial charge in [0.25, 0.3) is 0 Å². The lowest BCUT2D eigenvalue weighted by molar-refractivity contribution is -0.142. The highest BCUT2D eigenvalue weighted by Gasteiger charge is 2.00. The van der Waals surface area contributed by atoms with Gasteiger partial charge in [-0.05, 0) is 0 Å². The van der Waals surface area contributed by atoms with Crippen molar-refractivity contribution in [2.24, 2.45) is 0 Å². The van der Waals surface area contributed by atoms with Crippen molar-refractivity contribution in [3.63, 3.8) is 0 Å². The van der Waals surface area contributed by atoms with Crippen molar-refractivity contribution in [1.82, 2.24) is 0 Å². The van der Waals surface area contributed by atoms with Crippen LogP contribution in [-0.4, -0.2) is 35.8 Å². The number of esters is 2. The van der Waals surface area contributed by atoms with Gasteiger partial charge in [0.1, 0.15) is 10.7 Å². The first-order chi connectivity index (χ1) is 6.20. The lowest BCUT2D eigenvalue weighted by atomic mass is 10.5. The highest BCUT2D eigenvalue weighted by Crippen LogP contribution is 1.91. The van der Waals surface area contributed by atoms with E-state index in [2.05, 4.69) is 31.9 Å². The van der Waals surface area contributed by atoms with E-state index < -0.39 is 0 Å². The molecule has 0 bridgehead atoms. The van der Waals surface area contributed by atoms with Crippen LogP contribution in [0, 0.1) is 0 Å². The summed E-state index contributed by atoms with van der Waals surface area (Å²) >= 11 is 5.90. The fourth-order valence-electron chi connectivity index (χ4n) is 0.508. The van der Waals surface area contributed by atoms with Gasteiger partial charge in [0.2, 0.25) is 0 Å². The van der Waals surface area contributed by atoms with E-state index in [4.69, 9.17) is 9.47 Å². The highest BCUT2D eigenvalue weighted by atomic mass is 79.9. The fourth-order valence-corrected chi connectivity index (χ4v) is 0.832.